The first-order valence-corrected chi connectivity index (χ1v) is 4.43. The van der Waals surface area contributed by atoms with E-state index in [1.165, 1.54) is 0 Å². The summed E-state index contributed by atoms with van der Waals surface area (Å²) < 4.78 is 1.89. The molecular formula is C10H11N3O. The van der Waals surface area contributed by atoms with Crippen LogP contribution in [0.2, 0.25) is 0 Å². The third kappa shape index (κ3) is 1.52. The zero-order valence-corrected chi connectivity index (χ0v) is 7.68. The lowest BCUT2D eigenvalue weighted by Crippen LogP contribution is -1.95. The molecule has 2 N–H and O–H groups in total. The number of nitrogens with zero attached hydrogens (tertiary/aromatic N) is 2. The van der Waals surface area contributed by atoms with Crippen molar-refractivity contribution < 1.29 is 4.79 Å². The average molecular weight is 189 g/mol. The fourth-order valence-electron chi connectivity index (χ4n) is 1.41. The first kappa shape index (κ1) is 8.90. The van der Waals surface area contributed by atoms with Gasteiger partial charge >= 0.3 is 0 Å². The molecule has 4 heteroatoms. The Labute approximate surface area is 81.4 Å². The van der Waals surface area contributed by atoms with Gasteiger partial charge in [-0.1, -0.05) is 6.07 Å². The van der Waals surface area contributed by atoms with Crippen molar-refractivity contribution in [3.63, 3.8) is 0 Å². The van der Waals surface area contributed by atoms with Gasteiger partial charge in [-0.2, -0.15) is 0 Å². The monoisotopic (exact) mass is 189 g/mol. The van der Waals surface area contributed by atoms with E-state index in [0.717, 1.165) is 23.2 Å². The van der Waals surface area contributed by atoms with Crippen molar-refractivity contribution in [3.8, 4) is 0 Å². The number of aldehydes is 1. The lowest BCUT2D eigenvalue weighted by atomic mass is 10.2. The van der Waals surface area contributed by atoms with Crippen molar-refractivity contribution in [1.29, 1.82) is 0 Å². The molecule has 0 aliphatic rings. The average Bonchev–Trinajstić information content (AvgIpc) is 2.60. The maximum absolute atomic E-state index is 10.3. The van der Waals surface area contributed by atoms with E-state index in [-0.39, 0.29) is 0 Å². The van der Waals surface area contributed by atoms with E-state index in [9.17, 15) is 4.79 Å². The zero-order valence-electron chi connectivity index (χ0n) is 7.68. The standard InChI is InChI=1S/C10H11N3O/c11-5-9-7-13-6-8(3-4-14)1-2-10(13)12-9/h1-2,4,6-7H,3,5,11H2. The summed E-state index contributed by atoms with van der Waals surface area (Å²) in [4.78, 5) is 14.6. The lowest BCUT2D eigenvalue weighted by molar-refractivity contribution is -0.107. The van der Waals surface area contributed by atoms with E-state index in [1.807, 2.05) is 28.9 Å². The van der Waals surface area contributed by atoms with Crippen LogP contribution >= 0.6 is 0 Å². The quantitative estimate of drug-likeness (QED) is 0.716. The molecule has 0 aliphatic heterocycles. The molecule has 0 aliphatic carbocycles. The molecule has 0 atom stereocenters. The molecule has 0 spiro atoms. The molecule has 0 aromatic carbocycles. The van der Waals surface area contributed by atoms with Gasteiger partial charge in [-0.3, -0.25) is 0 Å². The predicted octanol–water partition coefficient (Wildman–Crippen LogP) is 0.534. The lowest BCUT2D eigenvalue weighted by Gasteiger charge is -1.96. The van der Waals surface area contributed by atoms with Gasteiger partial charge in [0.1, 0.15) is 11.9 Å². The molecule has 72 valence electrons. The van der Waals surface area contributed by atoms with Crippen molar-refractivity contribution >= 4 is 11.9 Å². The van der Waals surface area contributed by atoms with Gasteiger partial charge in [0.2, 0.25) is 0 Å². The summed E-state index contributed by atoms with van der Waals surface area (Å²) in [6, 6.07) is 3.79. The summed E-state index contributed by atoms with van der Waals surface area (Å²) >= 11 is 0. The van der Waals surface area contributed by atoms with Crippen LogP contribution in [0.3, 0.4) is 0 Å². The molecule has 2 rings (SSSR count). The van der Waals surface area contributed by atoms with Gasteiger partial charge in [-0.05, 0) is 11.6 Å². The third-order valence-electron chi connectivity index (χ3n) is 2.09. The molecule has 0 fully saturated rings. The summed E-state index contributed by atoms with van der Waals surface area (Å²) in [5.41, 5.74) is 8.17. The zero-order chi connectivity index (χ0) is 9.97. The van der Waals surface area contributed by atoms with E-state index in [0.29, 0.717) is 13.0 Å². The number of imidazole rings is 1. The van der Waals surface area contributed by atoms with Crippen molar-refractivity contribution in [2.24, 2.45) is 5.73 Å². The van der Waals surface area contributed by atoms with Gasteiger partial charge in [0.05, 0.1) is 5.69 Å². The second-order valence-corrected chi connectivity index (χ2v) is 3.11. The van der Waals surface area contributed by atoms with E-state index >= 15 is 0 Å². The van der Waals surface area contributed by atoms with E-state index in [2.05, 4.69) is 4.98 Å². The van der Waals surface area contributed by atoms with Gasteiger partial charge in [0.25, 0.3) is 0 Å². The van der Waals surface area contributed by atoms with Crippen LogP contribution in [0.4, 0.5) is 0 Å². The highest BCUT2D eigenvalue weighted by Gasteiger charge is 2.00. The number of rotatable bonds is 3. The Morgan fingerprint density at radius 2 is 2.29 bits per heavy atom. The molecule has 2 heterocycles. The summed E-state index contributed by atoms with van der Waals surface area (Å²) in [6.45, 7) is 0.435. The first-order valence-electron chi connectivity index (χ1n) is 4.43. The first-order chi connectivity index (χ1) is 6.83. The van der Waals surface area contributed by atoms with Crippen LogP contribution in [-0.2, 0) is 17.8 Å². The molecule has 0 amide bonds. The smallest absolute Gasteiger partial charge is 0.137 e. The topological polar surface area (TPSA) is 60.4 Å². The maximum Gasteiger partial charge on any atom is 0.137 e. The Kier molecular flexibility index (Phi) is 2.28. The van der Waals surface area contributed by atoms with Gasteiger partial charge in [-0.25, -0.2) is 4.98 Å². The number of aromatic nitrogens is 2. The Morgan fingerprint density at radius 1 is 1.43 bits per heavy atom. The maximum atomic E-state index is 10.3. The van der Waals surface area contributed by atoms with Crippen LogP contribution in [0.15, 0.2) is 24.5 Å². The Balaban J connectivity index is 2.48. The van der Waals surface area contributed by atoms with E-state index < -0.39 is 0 Å². The molecule has 14 heavy (non-hydrogen) atoms. The molecule has 2 aromatic heterocycles. The minimum atomic E-state index is 0.435. The second-order valence-electron chi connectivity index (χ2n) is 3.11. The molecule has 0 saturated heterocycles. The summed E-state index contributed by atoms with van der Waals surface area (Å²) in [7, 11) is 0. The van der Waals surface area contributed by atoms with Crippen LogP contribution in [0.5, 0.6) is 0 Å². The van der Waals surface area contributed by atoms with E-state index in [1.54, 1.807) is 0 Å². The summed E-state index contributed by atoms with van der Waals surface area (Å²) in [5, 5.41) is 0. The molecule has 2 aromatic rings. The second kappa shape index (κ2) is 3.59. The molecular weight excluding hydrogens is 178 g/mol. The molecule has 4 nitrogen and oxygen atoms in total. The highest BCUT2D eigenvalue weighted by Crippen LogP contribution is 2.07. The van der Waals surface area contributed by atoms with Gasteiger partial charge in [0.15, 0.2) is 0 Å². The molecule has 0 bridgehead atoms. The fourth-order valence-corrected chi connectivity index (χ4v) is 1.41. The molecule has 0 unspecified atom stereocenters. The van der Waals surface area contributed by atoms with Crippen LogP contribution < -0.4 is 5.73 Å². The van der Waals surface area contributed by atoms with Crippen molar-refractivity contribution in [2.45, 2.75) is 13.0 Å². The minimum Gasteiger partial charge on any atom is -0.325 e. The Hall–Kier alpha value is -1.68. The summed E-state index contributed by atoms with van der Waals surface area (Å²) in [6.07, 6.45) is 5.10. The van der Waals surface area contributed by atoms with E-state index in [4.69, 9.17) is 5.73 Å². The number of hydrogen-bond acceptors (Lipinski definition) is 3. The van der Waals surface area contributed by atoms with Crippen molar-refractivity contribution in [3.05, 3.63) is 35.8 Å². The minimum absolute atomic E-state index is 0.435. The van der Waals surface area contributed by atoms with Crippen molar-refractivity contribution in [2.75, 3.05) is 0 Å². The van der Waals surface area contributed by atoms with Crippen molar-refractivity contribution in [1.82, 2.24) is 9.38 Å². The van der Waals surface area contributed by atoms with Crippen LogP contribution in [0.1, 0.15) is 11.3 Å². The summed E-state index contributed by atoms with van der Waals surface area (Å²) in [5.74, 6) is 0. The fraction of sp³-hybridized carbons (Fsp3) is 0.200. The number of carbonyl (C=O) groups excluding carboxylic acids is 1. The normalized spacial score (nSPS) is 10.6. The number of fused-ring (bicyclic) bond motifs is 1. The number of pyridine rings is 1. The number of carbonyl (C=O) groups is 1. The van der Waals surface area contributed by atoms with Crippen LogP contribution in [0.25, 0.3) is 5.65 Å². The number of nitrogens with two attached hydrogens (primary N) is 1. The SMILES string of the molecule is NCc1cn2cc(CC=O)ccc2n1. The highest BCUT2D eigenvalue weighted by atomic mass is 16.1. The van der Waals surface area contributed by atoms with Crippen LogP contribution in [0, 0.1) is 0 Å². The molecule has 0 saturated carbocycles. The predicted molar refractivity (Wildman–Crippen MR) is 52.9 cm³/mol. The largest absolute Gasteiger partial charge is 0.325 e. The Morgan fingerprint density at radius 3 is 3.00 bits per heavy atom. The highest BCUT2D eigenvalue weighted by molar-refractivity contribution is 5.55. The third-order valence-corrected chi connectivity index (χ3v) is 2.09. The van der Waals surface area contributed by atoms with Gasteiger partial charge in [-0.15, -0.1) is 0 Å². The Bertz CT molecular complexity index is 461. The van der Waals surface area contributed by atoms with Crippen LogP contribution in [-0.4, -0.2) is 15.7 Å². The van der Waals surface area contributed by atoms with Gasteiger partial charge in [0, 0.05) is 25.4 Å². The van der Waals surface area contributed by atoms with Gasteiger partial charge < -0.3 is 14.9 Å². The molecule has 0 radical (unpaired) electrons. The number of hydrogen-bond donors (Lipinski definition) is 1.